The van der Waals surface area contributed by atoms with Gasteiger partial charge < -0.3 is 15.6 Å². The van der Waals surface area contributed by atoms with Crippen molar-refractivity contribution in [3.63, 3.8) is 0 Å². The quantitative estimate of drug-likeness (QED) is 0.594. The second-order valence-electron chi connectivity index (χ2n) is 3.63. The Morgan fingerprint density at radius 2 is 2.08 bits per heavy atom. The average molecular weight is 175 g/mol. The van der Waals surface area contributed by atoms with Crippen LogP contribution in [-0.2, 0) is 9.53 Å². The molecule has 0 aliphatic rings. The number of aliphatic hydroxyl groups is 1. The van der Waals surface area contributed by atoms with Crippen LogP contribution >= 0.6 is 0 Å². The van der Waals surface area contributed by atoms with Crippen molar-refractivity contribution in [2.75, 3.05) is 6.54 Å². The van der Waals surface area contributed by atoms with Gasteiger partial charge in [0.1, 0.15) is 5.60 Å². The summed E-state index contributed by atoms with van der Waals surface area (Å²) < 4.78 is 4.91. The first kappa shape index (κ1) is 11.4. The number of nitrogens with two attached hydrogens (primary N) is 1. The van der Waals surface area contributed by atoms with E-state index in [9.17, 15) is 4.79 Å². The monoisotopic (exact) mass is 175 g/mol. The molecule has 0 amide bonds. The second-order valence-corrected chi connectivity index (χ2v) is 3.63. The lowest BCUT2D eigenvalue weighted by atomic mass is 10.2. The van der Waals surface area contributed by atoms with Crippen LogP contribution in [0, 0.1) is 0 Å². The molecule has 1 atom stereocenters. The number of ether oxygens (including phenoxy) is 1. The van der Waals surface area contributed by atoms with Crippen molar-refractivity contribution in [3.8, 4) is 0 Å². The summed E-state index contributed by atoms with van der Waals surface area (Å²) in [5.41, 5.74) is 4.61. The lowest BCUT2D eigenvalue weighted by Gasteiger charge is -2.21. The van der Waals surface area contributed by atoms with Gasteiger partial charge in [-0.1, -0.05) is 0 Å². The summed E-state index contributed by atoms with van der Waals surface area (Å²) in [7, 11) is 0. The van der Waals surface area contributed by atoms with Crippen molar-refractivity contribution >= 4 is 5.97 Å². The predicted octanol–water partition coefficient (Wildman–Crippen LogP) is 0.0378. The molecular formula is C8H17NO3. The minimum absolute atomic E-state index is 0.245. The Balaban J connectivity index is 3.87. The van der Waals surface area contributed by atoms with Gasteiger partial charge in [0.25, 0.3) is 0 Å². The smallest absolute Gasteiger partial charge is 0.335 e. The van der Waals surface area contributed by atoms with E-state index in [1.54, 1.807) is 20.8 Å². The molecule has 0 saturated carbocycles. The third-order valence-corrected chi connectivity index (χ3v) is 1.12. The molecule has 0 radical (unpaired) electrons. The highest BCUT2D eigenvalue weighted by Gasteiger charge is 2.22. The van der Waals surface area contributed by atoms with Crippen LogP contribution in [0.25, 0.3) is 0 Å². The molecule has 0 aromatic carbocycles. The molecule has 0 spiro atoms. The minimum Gasteiger partial charge on any atom is -0.458 e. The molecule has 0 bridgehead atoms. The first-order chi connectivity index (χ1) is 5.37. The highest BCUT2D eigenvalue weighted by Crippen LogP contribution is 2.09. The molecule has 72 valence electrons. The van der Waals surface area contributed by atoms with E-state index >= 15 is 0 Å². The molecule has 0 fully saturated rings. The zero-order valence-corrected chi connectivity index (χ0v) is 7.83. The van der Waals surface area contributed by atoms with Crippen LogP contribution in [0.5, 0.6) is 0 Å². The summed E-state index contributed by atoms with van der Waals surface area (Å²) in [6.07, 6.45) is -0.844. The summed E-state index contributed by atoms with van der Waals surface area (Å²) in [6, 6.07) is 0. The third kappa shape index (κ3) is 5.09. The molecule has 4 heteroatoms. The van der Waals surface area contributed by atoms with Crippen molar-refractivity contribution in [2.24, 2.45) is 5.73 Å². The van der Waals surface area contributed by atoms with Crippen LogP contribution in [-0.4, -0.2) is 29.3 Å². The van der Waals surface area contributed by atoms with Crippen molar-refractivity contribution in [3.05, 3.63) is 0 Å². The summed E-state index contributed by atoms with van der Waals surface area (Å²) in [4.78, 5) is 11.0. The van der Waals surface area contributed by atoms with Gasteiger partial charge in [-0.25, -0.2) is 4.79 Å². The van der Waals surface area contributed by atoms with Gasteiger partial charge in [-0.05, 0) is 33.7 Å². The Hall–Kier alpha value is -0.610. The molecule has 3 N–H and O–H groups in total. The molecular weight excluding hydrogens is 158 g/mol. The molecule has 0 aromatic rings. The van der Waals surface area contributed by atoms with E-state index < -0.39 is 17.7 Å². The number of esters is 1. The first-order valence-corrected chi connectivity index (χ1v) is 3.98. The van der Waals surface area contributed by atoms with Crippen molar-refractivity contribution in [1.82, 2.24) is 0 Å². The van der Waals surface area contributed by atoms with E-state index in [0.717, 1.165) is 0 Å². The normalized spacial score (nSPS) is 14.1. The van der Waals surface area contributed by atoms with Gasteiger partial charge >= 0.3 is 5.97 Å². The molecule has 0 aromatic heterocycles. The van der Waals surface area contributed by atoms with Crippen LogP contribution in [0.1, 0.15) is 27.2 Å². The zero-order chi connectivity index (χ0) is 9.78. The maximum absolute atomic E-state index is 11.0. The van der Waals surface area contributed by atoms with Crippen LogP contribution in [0.4, 0.5) is 0 Å². The largest absolute Gasteiger partial charge is 0.458 e. The number of carbonyl (C=O) groups excluding carboxylic acids is 1. The average Bonchev–Trinajstić information content (AvgIpc) is 1.84. The highest BCUT2D eigenvalue weighted by atomic mass is 16.6. The van der Waals surface area contributed by atoms with Crippen LogP contribution < -0.4 is 5.73 Å². The van der Waals surface area contributed by atoms with E-state index in [1.807, 2.05) is 0 Å². The van der Waals surface area contributed by atoms with E-state index in [0.29, 0.717) is 0 Å². The molecule has 4 nitrogen and oxygen atoms in total. The van der Waals surface area contributed by atoms with Gasteiger partial charge in [0.2, 0.25) is 0 Å². The highest BCUT2D eigenvalue weighted by molar-refractivity contribution is 5.74. The van der Waals surface area contributed by atoms with E-state index in [4.69, 9.17) is 15.6 Å². The first-order valence-electron chi connectivity index (χ1n) is 3.98. The summed E-state index contributed by atoms with van der Waals surface area (Å²) in [5, 5.41) is 9.13. The van der Waals surface area contributed by atoms with Gasteiger partial charge in [-0.2, -0.15) is 0 Å². The van der Waals surface area contributed by atoms with Gasteiger partial charge in [0, 0.05) is 0 Å². The summed E-state index contributed by atoms with van der Waals surface area (Å²) >= 11 is 0. The fraction of sp³-hybridized carbons (Fsp3) is 0.875. The van der Waals surface area contributed by atoms with Gasteiger partial charge in [0.05, 0.1) is 0 Å². The predicted molar refractivity (Wildman–Crippen MR) is 45.5 cm³/mol. The maximum atomic E-state index is 11.0. The fourth-order valence-corrected chi connectivity index (χ4v) is 0.646. The number of carbonyl (C=O) groups is 1. The zero-order valence-electron chi connectivity index (χ0n) is 7.83. The lowest BCUT2D eigenvalue weighted by Crippen LogP contribution is -2.32. The Morgan fingerprint density at radius 3 is 2.42 bits per heavy atom. The van der Waals surface area contributed by atoms with E-state index in [-0.39, 0.29) is 13.0 Å². The Morgan fingerprint density at radius 1 is 1.58 bits per heavy atom. The maximum Gasteiger partial charge on any atom is 0.335 e. The van der Waals surface area contributed by atoms with Gasteiger partial charge in [0.15, 0.2) is 6.10 Å². The standard InChI is InChI=1S/C8H17NO3/c1-8(2,3)12-7(11)6(10)4-5-9/h6,10H,4-5,9H2,1-3H3/t6-/m0/s1. The van der Waals surface area contributed by atoms with E-state index in [1.165, 1.54) is 0 Å². The van der Waals surface area contributed by atoms with Crippen LogP contribution in [0.2, 0.25) is 0 Å². The second kappa shape index (κ2) is 4.42. The SMILES string of the molecule is CC(C)(C)OC(=O)[C@@H](O)CCN. The molecule has 0 saturated heterocycles. The Labute approximate surface area is 72.7 Å². The number of hydrogen-bond donors (Lipinski definition) is 2. The molecule has 0 heterocycles. The van der Waals surface area contributed by atoms with Crippen molar-refractivity contribution in [2.45, 2.75) is 38.9 Å². The summed E-state index contributed by atoms with van der Waals surface area (Å²) in [6.45, 7) is 5.53. The molecule has 0 aliphatic heterocycles. The van der Waals surface area contributed by atoms with Gasteiger partial charge in [-0.15, -0.1) is 0 Å². The van der Waals surface area contributed by atoms with Crippen LogP contribution in [0.3, 0.4) is 0 Å². The number of aliphatic hydroxyl groups excluding tert-OH is 1. The minimum atomic E-state index is -1.09. The van der Waals surface area contributed by atoms with Crippen molar-refractivity contribution in [1.29, 1.82) is 0 Å². The number of hydrogen-bond acceptors (Lipinski definition) is 4. The summed E-state index contributed by atoms with van der Waals surface area (Å²) in [5.74, 6) is -0.604. The Kier molecular flexibility index (Phi) is 4.20. The molecule has 0 aliphatic carbocycles. The molecule has 12 heavy (non-hydrogen) atoms. The van der Waals surface area contributed by atoms with E-state index in [2.05, 4.69) is 0 Å². The third-order valence-electron chi connectivity index (χ3n) is 1.12. The lowest BCUT2D eigenvalue weighted by molar-refractivity contribution is -0.165. The topological polar surface area (TPSA) is 72.5 Å². The number of rotatable bonds is 3. The Bertz CT molecular complexity index is 151. The van der Waals surface area contributed by atoms with Crippen LogP contribution in [0.15, 0.2) is 0 Å². The fourth-order valence-electron chi connectivity index (χ4n) is 0.646. The molecule has 0 rings (SSSR count). The van der Waals surface area contributed by atoms with Gasteiger partial charge in [-0.3, -0.25) is 0 Å². The van der Waals surface area contributed by atoms with Crippen molar-refractivity contribution < 1.29 is 14.6 Å². The molecule has 0 unspecified atom stereocenters.